The van der Waals surface area contributed by atoms with Crippen LogP contribution in [0.2, 0.25) is 0 Å². The van der Waals surface area contributed by atoms with Crippen molar-refractivity contribution >= 4 is 16.9 Å². The maximum absolute atomic E-state index is 13.1. The van der Waals surface area contributed by atoms with Crippen LogP contribution in [0.5, 0.6) is 0 Å². The van der Waals surface area contributed by atoms with E-state index in [1.54, 1.807) is 18.7 Å². The molecule has 1 amide bonds. The van der Waals surface area contributed by atoms with Gasteiger partial charge in [-0.2, -0.15) is 18.3 Å². The zero-order valence-corrected chi connectivity index (χ0v) is 16.9. The second-order valence-electron chi connectivity index (χ2n) is 7.34. The number of nitrogens with one attached hydrogen (secondary N) is 1. The number of aryl methyl sites for hydroxylation is 1. The summed E-state index contributed by atoms with van der Waals surface area (Å²) in [5.41, 5.74) is -0.565. The van der Waals surface area contributed by atoms with Gasteiger partial charge in [0.2, 0.25) is 0 Å². The van der Waals surface area contributed by atoms with E-state index in [1.165, 1.54) is 16.8 Å². The van der Waals surface area contributed by atoms with Crippen LogP contribution in [0.25, 0.3) is 11.0 Å². The van der Waals surface area contributed by atoms with Crippen molar-refractivity contribution in [1.29, 1.82) is 0 Å². The van der Waals surface area contributed by atoms with E-state index in [1.807, 2.05) is 0 Å². The molecule has 3 aromatic rings. The van der Waals surface area contributed by atoms with Crippen molar-refractivity contribution in [3.8, 4) is 0 Å². The molecule has 164 valence electrons. The Kier molecular flexibility index (Phi) is 5.29. The third-order valence-electron chi connectivity index (χ3n) is 5.27. The van der Waals surface area contributed by atoms with E-state index in [4.69, 9.17) is 4.74 Å². The van der Waals surface area contributed by atoms with Crippen molar-refractivity contribution in [3.63, 3.8) is 0 Å². The summed E-state index contributed by atoms with van der Waals surface area (Å²) in [5, 5.41) is 4.45. The molecule has 0 unspecified atom stereocenters. The first kappa shape index (κ1) is 21.0. The summed E-state index contributed by atoms with van der Waals surface area (Å²) in [4.78, 5) is 34.2. The van der Waals surface area contributed by atoms with E-state index in [-0.39, 0.29) is 16.7 Å². The van der Waals surface area contributed by atoms with Gasteiger partial charge in [0, 0.05) is 13.1 Å². The smallest absolute Gasteiger partial charge is 0.378 e. The fraction of sp³-hybridized carbons (Fsp3) is 0.400. The first-order valence-electron chi connectivity index (χ1n) is 9.70. The van der Waals surface area contributed by atoms with Gasteiger partial charge in [0.15, 0.2) is 11.3 Å². The summed E-state index contributed by atoms with van der Waals surface area (Å²) in [6, 6.07) is 4.12. The summed E-state index contributed by atoms with van der Waals surface area (Å²) < 4.78 is 45.4. The molecule has 4 rings (SSSR count). The molecule has 31 heavy (non-hydrogen) atoms. The van der Waals surface area contributed by atoms with E-state index in [9.17, 15) is 22.8 Å². The molecule has 1 saturated heterocycles. The largest absolute Gasteiger partial charge is 0.416 e. The Morgan fingerprint density at radius 1 is 1.19 bits per heavy atom. The number of morpholine rings is 1. The molecule has 0 saturated carbocycles. The highest BCUT2D eigenvalue weighted by atomic mass is 19.4. The van der Waals surface area contributed by atoms with Crippen molar-refractivity contribution in [3.05, 3.63) is 57.3 Å². The average Bonchev–Trinajstić information content (AvgIpc) is 3.12. The normalized spacial score (nSPS) is 16.0. The van der Waals surface area contributed by atoms with Crippen LogP contribution in [0.4, 0.5) is 13.2 Å². The van der Waals surface area contributed by atoms with Gasteiger partial charge in [0.25, 0.3) is 11.5 Å². The van der Waals surface area contributed by atoms with Gasteiger partial charge in [-0.15, -0.1) is 0 Å². The van der Waals surface area contributed by atoms with Crippen LogP contribution in [-0.4, -0.2) is 56.9 Å². The van der Waals surface area contributed by atoms with Crippen LogP contribution in [0.1, 0.15) is 40.4 Å². The van der Waals surface area contributed by atoms with E-state index in [2.05, 4.69) is 15.1 Å². The molecular formula is C20H20F3N5O3. The van der Waals surface area contributed by atoms with Crippen LogP contribution >= 0.6 is 0 Å². The van der Waals surface area contributed by atoms with Crippen molar-refractivity contribution in [2.75, 3.05) is 26.3 Å². The number of rotatable bonds is 3. The highest BCUT2D eigenvalue weighted by Crippen LogP contribution is 2.31. The third kappa shape index (κ3) is 3.92. The molecule has 1 aromatic carbocycles. The van der Waals surface area contributed by atoms with Crippen LogP contribution in [-0.2, 0) is 10.9 Å². The molecule has 1 aliphatic heterocycles. The second-order valence-corrected chi connectivity index (χ2v) is 7.34. The Bertz CT molecular complexity index is 1180. The summed E-state index contributed by atoms with van der Waals surface area (Å²) in [6.45, 7) is 4.85. The Morgan fingerprint density at radius 3 is 2.45 bits per heavy atom. The maximum Gasteiger partial charge on any atom is 0.416 e. The summed E-state index contributed by atoms with van der Waals surface area (Å²) in [6.07, 6.45) is -4.44. The second kappa shape index (κ2) is 7.80. The average molecular weight is 435 g/mol. The van der Waals surface area contributed by atoms with Crippen molar-refractivity contribution in [2.24, 2.45) is 0 Å². The minimum atomic E-state index is -4.44. The number of benzene rings is 1. The number of carbonyl (C=O) groups is 1. The maximum atomic E-state index is 13.1. The van der Waals surface area contributed by atoms with E-state index in [0.717, 1.165) is 12.1 Å². The lowest BCUT2D eigenvalue weighted by Gasteiger charge is -2.26. The number of carbonyl (C=O) groups excluding carboxylic acids is 1. The lowest BCUT2D eigenvalue weighted by molar-refractivity contribution is -0.137. The van der Waals surface area contributed by atoms with Gasteiger partial charge in [-0.3, -0.25) is 9.59 Å². The van der Waals surface area contributed by atoms with Crippen LogP contribution < -0.4 is 5.56 Å². The Morgan fingerprint density at radius 2 is 1.84 bits per heavy atom. The number of H-pyrrole nitrogens is 1. The lowest BCUT2D eigenvalue weighted by atomic mass is 10.1. The molecule has 0 aliphatic carbocycles. The minimum Gasteiger partial charge on any atom is -0.378 e. The number of ether oxygens (including phenoxy) is 1. The molecule has 8 nitrogen and oxygen atoms in total. The lowest BCUT2D eigenvalue weighted by Crippen LogP contribution is -2.41. The summed E-state index contributed by atoms with van der Waals surface area (Å²) >= 11 is 0. The van der Waals surface area contributed by atoms with Crippen molar-refractivity contribution in [1.82, 2.24) is 24.6 Å². The zero-order valence-electron chi connectivity index (χ0n) is 16.9. The number of alkyl halides is 3. The van der Waals surface area contributed by atoms with Gasteiger partial charge in [-0.1, -0.05) is 12.1 Å². The molecule has 0 radical (unpaired) electrons. The molecule has 11 heteroatoms. The number of hydrogen-bond acceptors (Lipinski definition) is 5. The number of aromatic amines is 1. The SMILES string of the molecule is Cc1nc2c(c(C(=O)N3CCOCC3)nn2[C@@H](C)c2ccc(C(F)(F)F)cc2)c(=O)[nH]1. The molecule has 0 spiro atoms. The number of fused-ring (bicyclic) bond motifs is 1. The van der Waals surface area contributed by atoms with Gasteiger partial charge >= 0.3 is 6.18 Å². The summed E-state index contributed by atoms with van der Waals surface area (Å²) in [7, 11) is 0. The predicted octanol–water partition coefficient (Wildman–Crippen LogP) is 2.53. The Balaban J connectivity index is 1.80. The van der Waals surface area contributed by atoms with Gasteiger partial charge < -0.3 is 14.6 Å². The monoisotopic (exact) mass is 435 g/mol. The molecular weight excluding hydrogens is 415 g/mol. The molecule has 1 N–H and O–H groups in total. The molecule has 1 atom stereocenters. The molecule has 1 aliphatic rings. The van der Waals surface area contributed by atoms with E-state index < -0.39 is 29.2 Å². The quantitative estimate of drug-likeness (QED) is 0.683. The summed E-state index contributed by atoms with van der Waals surface area (Å²) in [5.74, 6) is -0.0773. The highest BCUT2D eigenvalue weighted by Gasteiger charge is 2.31. The van der Waals surface area contributed by atoms with E-state index in [0.29, 0.717) is 37.7 Å². The fourth-order valence-electron chi connectivity index (χ4n) is 3.58. The Labute approximate surface area is 174 Å². The van der Waals surface area contributed by atoms with Crippen LogP contribution in [0.3, 0.4) is 0 Å². The van der Waals surface area contributed by atoms with Gasteiger partial charge in [0.05, 0.1) is 24.8 Å². The Hall–Kier alpha value is -3.21. The van der Waals surface area contributed by atoms with Gasteiger partial charge in [-0.05, 0) is 31.5 Å². The van der Waals surface area contributed by atoms with Crippen LogP contribution in [0, 0.1) is 6.92 Å². The number of aromatic nitrogens is 4. The van der Waals surface area contributed by atoms with Crippen molar-refractivity contribution < 1.29 is 22.7 Å². The van der Waals surface area contributed by atoms with Crippen LogP contribution in [0.15, 0.2) is 29.1 Å². The minimum absolute atomic E-state index is 0.0376. The third-order valence-corrected chi connectivity index (χ3v) is 5.27. The first-order valence-corrected chi connectivity index (χ1v) is 9.70. The molecule has 1 fully saturated rings. The first-order chi connectivity index (χ1) is 14.7. The highest BCUT2D eigenvalue weighted by molar-refractivity contribution is 6.03. The molecule has 0 bridgehead atoms. The molecule has 2 aromatic heterocycles. The van der Waals surface area contributed by atoms with Gasteiger partial charge in [0.1, 0.15) is 11.2 Å². The number of amides is 1. The van der Waals surface area contributed by atoms with E-state index >= 15 is 0 Å². The number of hydrogen-bond donors (Lipinski definition) is 1. The fourth-order valence-corrected chi connectivity index (χ4v) is 3.58. The number of nitrogens with zero attached hydrogens (tertiary/aromatic N) is 4. The number of halogens is 3. The zero-order chi connectivity index (χ0) is 22.3. The standard InChI is InChI=1S/C20H20F3N5O3/c1-11(13-3-5-14(6-4-13)20(21,22)23)28-17-15(18(29)25-12(2)24-17)16(26-28)19(30)27-7-9-31-10-8-27/h3-6,11H,7-10H2,1-2H3,(H,24,25,29)/t11-/m0/s1. The van der Waals surface area contributed by atoms with Crippen molar-refractivity contribution in [2.45, 2.75) is 26.1 Å². The molecule has 3 heterocycles. The topological polar surface area (TPSA) is 93.1 Å². The predicted molar refractivity (Wildman–Crippen MR) is 105 cm³/mol. The van der Waals surface area contributed by atoms with Gasteiger partial charge in [-0.25, -0.2) is 9.67 Å².